The fourth-order valence-electron chi connectivity index (χ4n) is 11.2. The Balaban J connectivity index is 0.000000421. The summed E-state index contributed by atoms with van der Waals surface area (Å²) in [4.78, 5) is 75.9. The highest BCUT2D eigenvalue weighted by Crippen LogP contribution is 2.58. The molecule has 2 fully saturated rings. The number of hydrogen-bond donors (Lipinski definition) is 0. The zero-order chi connectivity index (χ0) is 78.4. The van der Waals surface area contributed by atoms with Crippen molar-refractivity contribution < 1.29 is 70.8 Å². The standard InChI is InChI=1S/C16H22O2.C15H18O2.C14H12O2.C13H16O2.C12H18O2.C10H10O2.C9H20O3Si2/c1-3-5-6-7-8-14-9-11-15(12-10-14)13-18-16(17)4-2;1-2-15(16)17-13-9-4-3-6-10-14-11-7-5-8-12-14;1-2-14(15)16-10-11-7-8-12-5-3-4-6-13(12)9-11;1-2-13(14)15-11-7-6-10-12-8-4-3-5-9-12;1-4-11(13)14-10-7-8-5-6-9(10)12(8,2)3;1-2-10(11)12-8-9-6-4-3-5-7-9;1-7-9(10)11-8-14(5,6)12-13(2,3)4/h4,9-12H,2-3,5-8,13H2,1H3;2,5-8,10-12H,1,3-4,9,13H2;2-9H,1,10H2;2-5,8-9H,1,6-7,10-11H2;4,8-10H,1,5-7H2,2-3H3;2-7H,1,8H2;7H,1,8H2,2-6H3/b;10-6+;;;;;. The average Bonchev–Trinajstić information content (AvgIpc) is 1.60. The van der Waals surface area contributed by atoms with Gasteiger partial charge in [-0.15, -0.1) is 0 Å². The van der Waals surface area contributed by atoms with Gasteiger partial charge in [0.15, 0.2) is 8.32 Å². The Morgan fingerprint density at radius 2 is 0.849 bits per heavy atom. The monoisotopic (exact) mass is 1480 g/mol. The van der Waals surface area contributed by atoms with Gasteiger partial charge in [0.25, 0.3) is 0 Å². The van der Waals surface area contributed by atoms with Gasteiger partial charge in [-0.1, -0.05) is 250 Å². The van der Waals surface area contributed by atoms with E-state index in [1.807, 2.05) is 115 Å². The SMILES string of the molecule is C=CC(=O)OC1CC2CCC1C2(C)C.C=CC(=O)OCCCC/C=C/c1ccccc1.C=CC(=O)OCCCCc1ccccc1.C=CC(=O)OC[Si](C)(C)O[Si](C)(C)C.C=CC(=O)OCc1ccc(CCCCCC)cc1.C=CC(=O)OCc1ccc2ccccc2c1.C=CC(=O)OCc1ccccc1. The van der Waals surface area contributed by atoms with Crippen molar-refractivity contribution in [2.24, 2.45) is 17.3 Å². The van der Waals surface area contributed by atoms with Gasteiger partial charge in [0.1, 0.15) is 32.2 Å². The molecule has 2 bridgehead atoms. The lowest BCUT2D eigenvalue weighted by molar-refractivity contribution is -0.146. The van der Waals surface area contributed by atoms with Crippen molar-refractivity contribution in [1.29, 1.82) is 0 Å². The second kappa shape index (κ2) is 53.9. The molecule has 0 amide bonds. The predicted molar refractivity (Wildman–Crippen MR) is 433 cm³/mol. The van der Waals surface area contributed by atoms with Crippen LogP contribution < -0.4 is 0 Å². The molecule has 0 radical (unpaired) electrons. The van der Waals surface area contributed by atoms with E-state index >= 15 is 0 Å². The topological polar surface area (TPSA) is 193 Å². The fourth-order valence-corrected chi connectivity index (χ4v) is 18.6. The summed E-state index contributed by atoms with van der Waals surface area (Å²) in [5.41, 5.74) is 7.23. The Morgan fingerprint density at radius 3 is 1.33 bits per heavy atom. The molecule has 0 spiro atoms. The number of hydrogen-bond acceptors (Lipinski definition) is 15. The van der Waals surface area contributed by atoms with E-state index < -0.39 is 22.6 Å². The molecule has 0 saturated heterocycles. The Hall–Kier alpha value is -9.82. The highest BCUT2D eigenvalue weighted by Gasteiger charge is 2.54. The van der Waals surface area contributed by atoms with Crippen molar-refractivity contribution in [2.75, 3.05) is 19.4 Å². The highest BCUT2D eigenvalue weighted by atomic mass is 28.4. The van der Waals surface area contributed by atoms with E-state index in [-0.39, 0.29) is 48.5 Å². The van der Waals surface area contributed by atoms with Crippen molar-refractivity contribution in [3.8, 4) is 0 Å². The first kappa shape index (κ1) is 92.3. The van der Waals surface area contributed by atoms with Gasteiger partial charge in [0.05, 0.1) is 13.2 Å². The first-order valence-electron chi connectivity index (χ1n) is 36.4. The van der Waals surface area contributed by atoms with E-state index in [1.165, 1.54) is 97.1 Å². The van der Waals surface area contributed by atoms with Gasteiger partial charge in [-0.3, -0.25) is 0 Å². The number of allylic oxidation sites excluding steroid dienone is 1. The van der Waals surface area contributed by atoms with Crippen LogP contribution in [0.1, 0.15) is 131 Å². The third-order valence-electron chi connectivity index (χ3n) is 16.6. The minimum atomic E-state index is -1.85. The number of ether oxygens (including phenoxy) is 7. The third kappa shape index (κ3) is 42.8. The molecule has 3 unspecified atom stereocenters. The molecule has 17 heteroatoms. The molecule has 15 nitrogen and oxygen atoms in total. The van der Waals surface area contributed by atoms with E-state index in [2.05, 4.69) is 154 Å². The van der Waals surface area contributed by atoms with Crippen LogP contribution in [0.3, 0.4) is 0 Å². The molecular weight excluding hydrogens is 1370 g/mol. The Morgan fingerprint density at radius 1 is 0.434 bits per heavy atom. The van der Waals surface area contributed by atoms with Crippen LogP contribution in [0, 0.1) is 17.3 Å². The maximum atomic E-state index is 11.1. The van der Waals surface area contributed by atoms with Gasteiger partial charge < -0.3 is 37.3 Å². The Bertz CT molecular complexity index is 3650. The molecular formula is C89H116O15Si2. The molecule has 8 rings (SSSR count). The van der Waals surface area contributed by atoms with Gasteiger partial charge in [0, 0.05) is 48.5 Å². The van der Waals surface area contributed by atoms with Crippen LogP contribution in [0.5, 0.6) is 0 Å². The van der Waals surface area contributed by atoms with Crippen molar-refractivity contribution in [3.05, 3.63) is 286 Å². The fraction of sp³-hybridized carbons (Fsp3) is 0.360. The first-order chi connectivity index (χ1) is 50.7. The summed E-state index contributed by atoms with van der Waals surface area (Å²) >= 11 is 0. The van der Waals surface area contributed by atoms with Crippen molar-refractivity contribution in [2.45, 2.75) is 169 Å². The number of rotatable bonds is 34. The second-order valence-electron chi connectivity index (χ2n) is 27.1. The molecule has 0 aromatic heterocycles. The summed E-state index contributed by atoms with van der Waals surface area (Å²) < 4.78 is 40.9. The normalized spacial score (nSPS) is 13.9. The lowest BCUT2D eigenvalue weighted by atomic mass is 9.82. The van der Waals surface area contributed by atoms with Crippen LogP contribution in [-0.2, 0) is 103 Å². The number of fused-ring (bicyclic) bond motifs is 3. The van der Waals surface area contributed by atoms with Gasteiger partial charge >= 0.3 is 41.8 Å². The minimum Gasteiger partial charge on any atom is -0.463 e. The predicted octanol–water partition coefficient (Wildman–Crippen LogP) is 20.2. The quantitative estimate of drug-likeness (QED) is 0.0122. The number of esters is 7. The molecule has 2 aliphatic rings. The van der Waals surface area contributed by atoms with Crippen molar-refractivity contribution in [1.82, 2.24) is 0 Å². The molecule has 3 atom stereocenters. The van der Waals surface area contributed by atoms with Gasteiger partial charge in [-0.2, -0.15) is 0 Å². The molecule has 6 aromatic carbocycles. The first-order valence-corrected chi connectivity index (χ1v) is 42.9. The lowest BCUT2D eigenvalue weighted by Crippen LogP contribution is -2.46. The third-order valence-corrected chi connectivity index (χ3v) is 22.1. The zero-order valence-electron chi connectivity index (χ0n) is 64.2. The molecule has 0 aliphatic heterocycles. The smallest absolute Gasteiger partial charge is 0.330 e. The molecule has 570 valence electrons. The summed E-state index contributed by atoms with van der Waals surface area (Å²) in [5, 5.41) is 2.33. The number of unbranched alkanes of at least 4 members (excludes halogenated alkanes) is 6. The summed E-state index contributed by atoms with van der Waals surface area (Å²) in [5.74, 6) is -1.17. The van der Waals surface area contributed by atoms with Crippen LogP contribution in [0.2, 0.25) is 32.7 Å². The summed E-state index contributed by atoms with van der Waals surface area (Å²) in [6, 6.07) is 52.3. The van der Waals surface area contributed by atoms with E-state index in [4.69, 9.17) is 37.3 Å². The van der Waals surface area contributed by atoms with Crippen molar-refractivity contribution in [3.63, 3.8) is 0 Å². The van der Waals surface area contributed by atoms with Crippen LogP contribution >= 0.6 is 0 Å². The Kier molecular flexibility index (Phi) is 46.9. The van der Waals surface area contributed by atoms with Crippen LogP contribution in [0.25, 0.3) is 16.8 Å². The van der Waals surface area contributed by atoms with Crippen molar-refractivity contribution >= 4 is 75.3 Å². The number of benzene rings is 6. The van der Waals surface area contributed by atoms with Gasteiger partial charge in [-0.25, -0.2) is 33.6 Å². The van der Waals surface area contributed by atoms with Crippen LogP contribution in [0.4, 0.5) is 0 Å². The number of carbonyl (C=O) groups is 7. The molecule has 0 N–H and O–H groups in total. The van der Waals surface area contributed by atoms with Crippen LogP contribution in [-0.4, -0.2) is 84.0 Å². The zero-order valence-corrected chi connectivity index (χ0v) is 66.2. The molecule has 6 aromatic rings. The summed E-state index contributed by atoms with van der Waals surface area (Å²) in [6.07, 6.45) is 28.9. The number of aryl methyl sites for hydroxylation is 2. The molecule has 0 heterocycles. The maximum Gasteiger partial charge on any atom is 0.330 e. The summed E-state index contributed by atoms with van der Waals surface area (Å²) in [6.45, 7) is 42.7. The minimum absolute atomic E-state index is 0.147. The largest absolute Gasteiger partial charge is 0.463 e. The average molecular weight is 1480 g/mol. The maximum absolute atomic E-state index is 11.1. The number of carbonyl (C=O) groups excluding carboxylic acids is 7. The molecule has 106 heavy (non-hydrogen) atoms. The highest BCUT2D eigenvalue weighted by molar-refractivity contribution is 6.84. The lowest BCUT2D eigenvalue weighted by Gasteiger charge is -2.30. The van der Waals surface area contributed by atoms with E-state index in [1.54, 1.807) is 0 Å². The van der Waals surface area contributed by atoms with Gasteiger partial charge in [0.2, 0.25) is 8.32 Å². The van der Waals surface area contributed by atoms with E-state index in [0.29, 0.717) is 44.0 Å². The van der Waals surface area contributed by atoms with E-state index in [0.717, 1.165) is 85.4 Å². The molecule has 2 aliphatic carbocycles. The second-order valence-corrected chi connectivity index (χ2v) is 36.0. The van der Waals surface area contributed by atoms with Gasteiger partial charge in [-0.05, 0) is 165 Å². The summed E-state index contributed by atoms with van der Waals surface area (Å²) in [7, 11) is -3.38. The van der Waals surface area contributed by atoms with Crippen LogP contribution in [0.15, 0.2) is 252 Å². The Labute approximate surface area is 634 Å². The van der Waals surface area contributed by atoms with E-state index in [9.17, 15) is 33.6 Å². The molecule has 2 saturated carbocycles.